The molecule has 226 valence electrons. The van der Waals surface area contributed by atoms with Gasteiger partial charge in [0.05, 0.1) is 5.39 Å². The lowest BCUT2D eigenvalue weighted by Gasteiger charge is -2.33. The van der Waals surface area contributed by atoms with Crippen LogP contribution in [0.1, 0.15) is 33.6 Å². The van der Waals surface area contributed by atoms with Gasteiger partial charge in [0.15, 0.2) is 0 Å². The second-order valence-corrected chi connectivity index (χ2v) is 12.3. The summed E-state index contributed by atoms with van der Waals surface area (Å²) in [6, 6.07) is 10.5. The van der Waals surface area contributed by atoms with Crippen LogP contribution in [-0.2, 0) is 4.74 Å². The van der Waals surface area contributed by atoms with Crippen molar-refractivity contribution in [2.24, 2.45) is 0 Å². The minimum absolute atomic E-state index is 0.00444. The summed E-state index contributed by atoms with van der Waals surface area (Å²) in [6.07, 6.45) is 4.41. The Labute approximate surface area is 250 Å². The predicted molar refractivity (Wildman–Crippen MR) is 165 cm³/mol. The number of benzene rings is 1. The summed E-state index contributed by atoms with van der Waals surface area (Å²) >= 11 is 0. The quantitative estimate of drug-likeness (QED) is 0.332. The number of aromatic nitrogens is 3. The average molecular weight is 588 g/mol. The topological polar surface area (TPSA) is 99.9 Å². The van der Waals surface area contributed by atoms with Crippen LogP contribution >= 0.6 is 0 Å². The number of carbonyl (C=O) groups is 1. The van der Waals surface area contributed by atoms with E-state index in [2.05, 4.69) is 32.0 Å². The summed E-state index contributed by atoms with van der Waals surface area (Å²) in [7, 11) is 2.13. The summed E-state index contributed by atoms with van der Waals surface area (Å²) in [6.45, 7) is 10.8. The van der Waals surface area contributed by atoms with Crippen LogP contribution < -0.4 is 15.1 Å². The van der Waals surface area contributed by atoms with Crippen LogP contribution in [-0.4, -0.2) is 83.9 Å². The van der Waals surface area contributed by atoms with Crippen molar-refractivity contribution in [1.82, 2.24) is 25.2 Å². The Morgan fingerprint density at radius 2 is 1.63 bits per heavy atom. The van der Waals surface area contributed by atoms with E-state index in [4.69, 9.17) is 19.1 Å². The number of ether oxygens (including phenoxy) is 1. The van der Waals surface area contributed by atoms with E-state index < -0.39 is 11.7 Å². The molecule has 1 N–H and O–H groups in total. The molecular formula is C32H38FN7O3. The third-order valence-electron chi connectivity index (χ3n) is 7.95. The summed E-state index contributed by atoms with van der Waals surface area (Å²) < 4.78 is 25.8. The first-order chi connectivity index (χ1) is 20.6. The number of nitrogens with one attached hydrogen (secondary N) is 1. The van der Waals surface area contributed by atoms with Crippen LogP contribution in [0.2, 0.25) is 0 Å². The molecule has 0 atom stereocenters. The Hall–Kier alpha value is -4.25. The van der Waals surface area contributed by atoms with Gasteiger partial charge in [-0.15, -0.1) is 0 Å². The number of likely N-dealkylation sites (N-methyl/N-ethyl adjacent to an activating group) is 1. The number of hydrogen-bond acceptors (Lipinski definition) is 9. The number of carbonyl (C=O) groups excluding carboxylic acids is 1. The van der Waals surface area contributed by atoms with E-state index in [0.29, 0.717) is 24.6 Å². The molecule has 3 aromatic heterocycles. The lowest BCUT2D eigenvalue weighted by molar-refractivity contribution is 0.0497. The van der Waals surface area contributed by atoms with E-state index in [0.717, 1.165) is 72.7 Å². The largest absolute Gasteiger partial charge is 0.444 e. The average Bonchev–Trinajstić information content (AvgIpc) is 3.37. The number of piperidine rings is 1. The molecule has 6 rings (SSSR count). The Bertz CT molecular complexity index is 1570. The zero-order chi connectivity index (χ0) is 30.1. The number of nitrogens with zero attached hydrogens (tertiary/aromatic N) is 6. The third-order valence-corrected chi connectivity index (χ3v) is 7.95. The zero-order valence-corrected chi connectivity index (χ0v) is 25.1. The Balaban J connectivity index is 1.32. The van der Waals surface area contributed by atoms with E-state index in [9.17, 15) is 9.18 Å². The third kappa shape index (κ3) is 6.41. The van der Waals surface area contributed by atoms with Gasteiger partial charge >= 0.3 is 6.09 Å². The van der Waals surface area contributed by atoms with E-state index >= 15 is 0 Å². The van der Waals surface area contributed by atoms with Crippen LogP contribution in [0.25, 0.3) is 33.6 Å². The van der Waals surface area contributed by atoms with Crippen LogP contribution in [0.15, 0.2) is 53.3 Å². The van der Waals surface area contributed by atoms with Crippen LogP contribution in [0, 0.1) is 5.82 Å². The Kier molecular flexibility index (Phi) is 7.91. The highest BCUT2D eigenvalue weighted by Gasteiger charge is 2.29. The number of alkyl carbamates (subject to hydrolysis) is 1. The number of pyridine rings is 1. The fourth-order valence-electron chi connectivity index (χ4n) is 5.71. The van der Waals surface area contributed by atoms with Crippen LogP contribution in [0.3, 0.4) is 0 Å². The summed E-state index contributed by atoms with van der Waals surface area (Å²) in [5.41, 5.74) is 2.32. The van der Waals surface area contributed by atoms with Crippen molar-refractivity contribution in [3.05, 3.63) is 54.7 Å². The highest BCUT2D eigenvalue weighted by Crippen LogP contribution is 2.44. The van der Waals surface area contributed by atoms with Crippen molar-refractivity contribution in [1.29, 1.82) is 0 Å². The molecule has 1 amide bonds. The van der Waals surface area contributed by atoms with Gasteiger partial charge in [-0.25, -0.2) is 24.1 Å². The zero-order valence-electron chi connectivity index (χ0n) is 25.1. The Morgan fingerprint density at radius 3 is 2.28 bits per heavy atom. The van der Waals surface area contributed by atoms with Gasteiger partial charge in [0.1, 0.15) is 35.1 Å². The van der Waals surface area contributed by atoms with Gasteiger partial charge in [0, 0.05) is 62.6 Å². The fourth-order valence-corrected chi connectivity index (χ4v) is 5.71. The summed E-state index contributed by atoms with van der Waals surface area (Å²) in [4.78, 5) is 33.1. The van der Waals surface area contributed by atoms with Gasteiger partial charge in [-0.1, -0.05) is 12.1 Å². The van der Waals surface area contributed by atoms with Crippen molar-refractivity contribution in [2.75, 3.05) is 56.1 Å². The minimum Gasteiger partial charge on any atom is -0.444 e. The second kappa shape index (κ2) is 11.8. The van der Waals surface area contributed by atoms with Crippen molar-refractivity contribution in [3.63, 3.8) is 0 Å². The highest BCUT2D eigenvalue weighted by molar-refractivity contribution is 6.06. The van der Waals surface area contributed by atoms with Gasteiger partial charge in [-0.3, -0.25) is 0 Å². The number of halogens is 1. The molecule has 0 saturated carbocycles. The smallest absolute Gasteiger partial charge is 0.407 e. The standard InChI is InChI=1S/C32H38FN7O3/c1-32(2,3)43-31(41)37-24-11-13-40(14-12-24)29-27-26(21-5-8-23(33)9-6-21)28(42-30(27)36-20-35-29)22-7-10-25(34-19-22)39-17-15-38(4)16-18-39/h5-10,19-20,24H,11-18H2,1-4H3,(H,37,41). The molecule has 0 aliphatic carbocycles. The van der Waals surface area contributed by atoms with E-state index in [1.54, 1.807) is 12.1 Å². The van der Waals surface area contributed by atoms with E-state index in [1.807, 2.05) is 39.1 Å². The van der Waals surface area contributed by atoms with Crippen molar-refractivity contribution in [3.8, 4) is 22.5 Å². The molecule has 2 aliphatic rings. The lowest BCUT2D eigenvalue weighted by atomic mass is 9.99. The number of piperazine rings is 1. The molecule has 1 aromatic carbocycles. The first-order valence-corrected chi connectivity index (χ1v) is 14.8. The first kappa shape index (κ1) is 28.9. The number of furan rings is 1. The maximum absolute atomic E-state index is 14.0. The molecule has 0 spiro atoms. The van der Waals surface area contributed by atoms with Crippen molar-refractivity contribution in [2.45, 2.75) is 45.3 Å². The summed E-state index contributed by atoms with van der Waals surface area (Å²) in [5.74, 6) is 1.98. The van der Waals surface area contributed by atoms with Crippen LogP contribution in [0.5, 0.6) is 0 Å². The molecule has 2 aliphatic heterocycles. The molecule has 0 unspecified atom stereocenters. The minimum atomic E-state index is -0.548. The second-order valence-electron chi connectivity index (χ2n) is 12.3. The number of rotatable bonds is 5. The van der Waals surface area contributed by atoms with Gasteiger partial charge < -0.3 is 29.2 Å². The molecule has 2 fully saturated rings. The molecule has 0 bridgehead atoms. The fraction of sp³-hybridized carbons (Fsp3) is 0.438. The number of hydrogen-bond donors (Lipinski definition) is 1. The normalized spacial score (nSPS) is 17.0. The van der Waals surface area contributed by atoms with Gasteiger partial charge in [0.2, 0.25) is 5.71 Å². The van der Waals surface area contributed by atoms with Crippen LogP contribution in [0.4, 0.5) is 20.8 Å². The monoisotopic (exact) mass is 587 g/mol. The summed E-state index contributed by atoms with van der Waals surface area (Å²) in [5, 5.41) is 3.76. The van der Waals surface area contributed by atoms with Gasteiger partial charge in [-0.2, -0.15) is 0 Å². The molecule has 4 aromatic rings. The highest BCUT2D eigenvalue weighted by atomic mass is 19.1. The van der Waals surface area contributed by atoms with Crippen molar-refractivity contribution < 1.29 is 18.3 Å². The number of amides is 1. The van der Waals surface area contributed by atoms with Gasteiger partial charge in [-0.05, 0) is 70.5 Å². The number of anilines is 2. The molecule has 43 heavy (non-hydrogen) atoms. The molecule has 2 saturated heterocycles. The SMILES string of the molecule is CN1CCN(c2ccc(-c3oc4ncnc(N5CCC(NC(=O)OC(C)(C)C)CC5)c4c3-c3ccc(F)cc3)cn2)CC1. The lowest BCUT2D eigenvalue weighted by Crippen LogP contribution is -2.46. The first-order valence-electron chi connectivity index (χ1n) is 14.8. The molecule has 10 nitrogen and oxygen atoms in total. The van der Waals surface area contributed by atoms with Gasteiger partial charge in [0.25, 0.3) is 0 Å². The molecular weight excluding hydrogens is 549 g/mol. The van der Waals surface area contributed by atoms with E-state index in [-0.39, 0.29) is 11.9 Å². The maximum Gasteiger partial charge on any atom is 0.407 e. The molecule has 5 heterocycles. The molecule has 11 heteroatoms. The maximum atomic E-state index is 14.0. The predicted octanol–water partition coefficient (Wildman–Crippen LogP) is 5.34. The van der Waals surface area contributed by atoms with E-state index in [1.165, 1.54) is 18.5 Å². The van der Waals surface area contributed by atoms with Crippen molar-refractivity contribution >= 4 is 28.8 Å². The number of fused-ring (bicyclic) bond motifs is 1. The molecule has 0 radical (unpaired) electrons. The Morgan fingerprint density at radius 1 is 0.930 bits per heavy atom.